The van der Waals surface area contributed by atoms with Crippen molar-refractivity contribution in [3.8, 4) is 0 Å². The SMILES string of the molecule is Cl.N[C@@H](Cc1c[nH]cn1)C(=O)O.[NaH]. The van der Waals surface area contributed by atoms with Crippen molar-refractivity contribution in [2.75, 3.05) is 0 Å². The molecule has 7 heteroatoms. The number of carbonyl (C=O) groups is 1. The van der Waals surface area contributed by atoms with E-state index in [1.807, 2.05) is 0 Å². The van der Waals surface area contributed by atoms with Gasteiger partial charge in [0, 0.05) is 12.6 Å². The molecule has 0 aliphatic heterocycles. The van der Waals surface area contributed by atoms with Crippen LogP contribution >= 0.6 is 12.4 Å². The van der Waals surface area contributed by atoms with E-state index in [0.29, 0.717) is 5.69 Å². The number of aliphatic carboxylic acids is 1. The Hall–Kier alpha value is -0.0700. The van der Waals surface area contributed by atoms with Crippen LogP contribution in [0.25, 0.3) is 0 Å². The summed E-state index contributed by atoms with van der Waals surface area (Å²) in [4.78, 5) is 16.8. The maximum absolute atomic E-state index is 10.3. The second-order valence-corrected chi connectivity index (χ2v) is 2.21. The molecule has 5 nitrogen and oxygen atoms in total. The summed E-state index contributed by atoms with van der Waals surface area (Å²) in [6.07, 6.45) is 3.38. The summed E-state index contributed by atoms with van der Waals surface area (Å²) in [7, 11) is 0. The van der Waals surface area contributed by atoms with Crippen molar-refractivity contribution < 1.29 is 9.90 Å². The van der Waals surface area contributed by atoms with Crippen LogP contribution in [-0.4, -0.2) is 56.6 Å². The van der Waals surface area contributed by atoms with E-state index in [4.69, 9.17) is 10.8 Å². The standard InChI is InChI=1S/C6H9N3O2.ClH.Na.H/c7-5(6(10)11)1-4-2-8-3-9-4;;;/h2-3,5H,1,7H2,(H,8,9)(H,10,11);1H;;/t5-;;;/m0.../s1. The van der Waals surface area contributed by atoms with Crippen molar-refractivity contribution >= 4 is 47.9 Å². The number of imidazole rings is 1. The van der Waals surface area contributed by atoms with Crippen molar-refractivity contribution in [1.82, 2.24) is 9.97 Å². The van der Waals surface area contributed by atoms with Crippen LogP contribution in [0, 0.1) is 0 Å². The van der Waals surface area contributed by atoms with Crippen LogP contribution < -0.4 is 5.73 Å². The Bertz CT molecular complexity index is 242. The van der Waals surface area contributed by atoms with Crippen LogP contribution in [0.4, 0.5) is 0 Å². The number of aromatic nitrogens is 2. The molecule has 0 amide bonds. The molecule has 0 saturated carbocycles. The molecule has 1 aromatic rings. The first-order chi connectivity index (χ1) is 5.20. The Balaban J connectivity index is 0. The fraction of sp³-hybridized carbons (Fsp3) is 0.333. The fourth-order valence-corrected chi connectivity index (χ4v) is 0.715. The van der Waals surface area contributed by atoms with Gasteiger partial charge in [0.2, 0.25) is 0 Å². The normalized spacial score (nSPS) is 10.8. The Morgan fingerprint density at radius 2 is 2.38 bits per heavy atom. The molecule has 13 heavy (non-hydrogen) atoms. The summed E-state index contributed by atoms with van der Waals surface area (Å²) < 4.78 is 0. The number of halogens is 1. The molecule has 0 saturated heterocycles. The molecule has 0 aromatic carbocycles. The van der Waals surface area contributed by atoms with Gasteiger partial charge in [-0.2, -0.15) is 0 Å². The van der Waals surface area contributed by atoms with Crippen molar-refractivity contribution in [3.63, 3.8) is 0 Å². The van der Waals surface area contributed by atoms with Gasteiger partial charge >= 0.3 is 35.5 Å². The van der Waals surface area contributed by atoms with E-state index in [9.17, 15) is 4.79 Å². The predicted octanol–water partition coefficient (Wildman–Crippen LogP) is -0.863. The second-order valence-electron chi connectivity index (χ2n) is 2.21. The summed E-state index contributed by atoms with van der Waals surface area (Å²) in [6.45, 7) is 0. The summed E-state index contributed by atoms with van der Waals surface area (Å²) in [6, 6.07) is -0.863. The first-order valence-corrected chi connectivity index (χ1v) is 3.16. The van der Waals surface area contributed by atoms with Crippen molar-refractivity contribution in [2.24, 2.45) is 5.73 Å². The van der Waals surface area contributed by atoms with Gasteiger partial charge in [0.25, 0.3) is 0 Å². The molecular weight excluding hydrogens is 205 g/mol. The maximum atomic E-state index is 10.3. The van der Waals surface area contributed by atoms with Gasteiger partial charge in [-0.15, -0.1) is 12.4 Å². The molecule has 1 rings (SSSR count). The summed E-state index contributed by atoms with van der Waals surface area (Å²) in [5.41, 5.74) is 5.92. The van der Waals surface area contributed by atoms with Gasteiger partial charge in [-0.05, 0) is 0 Å². The average Bonchev–Trinajstić information content (AvgIpc) is 2.39. The summed E-state index contributed by atoms with van der Waals surface area (Å²) in [5.74, 6) is -1.01. The Morgan fingerprint density at radius 3 is 2.77 bits per heavy atom. The number of carboxylic acid groups (broad SMARTS) is 1. The molecule has 0 radical (unpaired) electrons. The monoisotopic (exact) mass is 215 g/mol. The first-order valence-electron chi connectivity index (χ1n) is 3.16. The van der Waals surface area contributed by atoms with Crippen LogP contribution in [-0.2, 0) is 11.2 Å². The van der Waals surface area contributed by atoms with Gasteiger partial charge in [-0.3, -0.25) is 4.79 Å². The van der Waals surface area contributed by atoms with Crippen molar-refractivity contribution in [3.05, 3.63) is 18.2 Å². The predicted molar refractivity (Wildman–Crippen MR) is 52.3 cm³/mol. The Labute approximate surface area is 104 Å². The molecule has 0 aliphatic rings. The zero-order chi connectivity index (χ0) is 8.27. The van der Waals surface area contributed by atoms with Crippen molar-refractivity contribution in [1.29, 1.82) is 0 Å². The topological polar surface area (TPSA) is 92.0 Å². The molecule has 0 bridgehead atoms. The van der Waals surface area contributed by atoms with Gasteiger partial charge < -0.3 is 15.8 Å². The molecule has 70 valence electrons. The molecule has 1 aromatic heterocycles. The molecule has 0 aliphatic carbocycles. The second kappa shape index (κ2) is 7.34. The molecule has 4 N–H and O–H groups in total. The molecular formula is C6H11ClN3NaO2. The third kappa shape index (κ3) is 5.28. The number of nitrogens with two attached hydrogens (primary N) is 1. The van der Waals surface area contributed by atoms with Crippen LogP contribution in [0.3, 0.4) is 0 Å². The zero-order valence-electron chi connectivity index (χ0n) is 6.23. The van der Waals surface area contributed by atoms with E-state index in [-0.39, 0.29) is 48.4 Å². The van der Waals surface area contributed by atoms with E-state index < -0.39 is 12.0 Å². The minimum atomic E-state index is -1.01. The summed E-state index contributed by atoms with van der Waals surface area (Å²) >= 11 is 0. The van der Waals surface area contributed by atoms with Crippen LogP contribution in [0.1, 0.15) is 5.69 Å². The summed E-state index contributed by atoms with van der Waals surface area (Å²) in [5, 5.41) is 8.42. The fourth-order valence-electron chi connectivity index (χ4n) is 0.715. The van der Waals surface area contributed by atoms with Gasteiger partial charge in [0.1, 0.15) is 6.04 Å². The van der Waals surface area contributed by atoms with E-state index in [1.165, 1.54) is 6.33 Å². The van der Waals surface area contributed by atoms with Crippen LogP contribution in [0.2, 0.25) is 0 Å². The molecule has 0 unspecified atom stereocenters. The van der Waals surface area contributed by atoms with Gasteiger partial charge in [-0.25, -0.2) is 4.98 Å². The Kier molecular flexibility index (Phi) is 8.70. The quantitative estimate of drug-likeness (QED) is 0.572. The van der Waals surface area contributed by atoms with E-state index >= 15 is 0 Å². The number of hydrogen-bond donors (Lipinski definition) is 3. The number of aromatic amines is 1. The minimum absolute atomic E-state index is 0. The number of H-pyrrole nitrogens is 1. The number of carboxylic acids is 1. The molecule has 1 atom stereocenters. The molecule has 0 spiro atoms. The van der Waals surface area contributed by atoms with E-state index in [1.54, 1.807) is 6.20 Å². The third-order valence-electron chi connectivity index (χ3n) is 1.30. The third-order valence-corrected chi connectivity index (χ3v) is 1.30. The number of nitrogens with one attached hydrogen (secondary N) is 1. The average molecular weight is 216 g/mol. The Morgan fingerprint density at radius 1 is 1.77 bits per heavy atom. The number of nitrogens with zero attached hydrogens (tertiary/aromatic N) is 1. The molecule has 1 heterocycles. The van der Waals surface area contributed by atoms with Crippen LogP contribution in [0.15, 0.2) is 12.5 Å². The van der Waals surface area contributed by atoms with Gasteiger partial charge in [0.15, 0.2) is 0 Å². The van der Waals surface area contributed by atoms with Crippen LogP contribution in [0.5, 0.6) is 0 Å². The van der Waals surface area contributed by atoms with E-state index in [2.05, 4.69) is 9.97 Å². The molecule has 0 fully saturated rings. The van der Waals surface area contributed by atoms with E-state index in [0.717, 1.165) is 0 Å². The van der Waals surface area contributed by atoms with Gasteiger partial charge in [-0.1, -0.05) is 0 Å². The number of hydrogen-bond acceptors (Lipinski definition) is 3. The van der Waals surface area contributed by atoms with Gasteiger partial charge in [0.05, 0.1) is 12.0 Å². The van der Waals surface area contributed by atoms with Crippen molar-refractivity contribution in [2.45, 2.75) is 12.5 Å². The zero-order valence-corrected chi connectivity index (χ0v) is 7.04. The first kappa shape index (κ1) is 15.4. The number of rotatable bonds is 3.